The summed E-state index contributed by atoms with van der Waals surface area (Å²) in [5.74, 6) is 0.864. The maximum atomic E-state index is 5.79. The van der Waals surface area contributed by atoms with E-state index >= 15 is 0 Å². The smallest absolute Gasteiger partial charge is 0.119 e. The molecule has 1 fully saturated rings. The summed E-state index contributed by atoms with van der Waals surface area (Å²) in [5, 5.41) is 4.21. The topological polar surface area (TPSA) is 30.5 Å². The molecule has 1 saturated heterocycles. The van der Waals surface area contributed by atoms with Gasteiger partial charge in [-0.25, -0.2) is 0 Å². The first-order valence-electron chi connectivity index (χ1n) is 6.04. The number of ether oxygens (including phenoxy) is 2. The molecule has 17 heavy (non-hydrogen) atoms. The summed E-state index contributed by atoms with van der Waals surface area (Å²) < 4.78 is 10.9. The fourth-order valence-electron chi connectivity index (χ4n) is 1.86. The van der Waals surface area contributed by atoms with Crippen molar-refractivity contribution in [3.8, 4) is 5.75 Å². The Labute approximate surface area is 107 Å². The Balaban J connectivity index is 1.60. The lowest BCUT2D eigenvalue weighted by molar-refractivity contribution is 0.0770. The minimum atomic E-state index is 0.581. The normalized spacial score (nSPS) is 17.0. The van der Waals surface area contributed by atoms with Crippen LogP contribution in [0.5, 0.6) is 5.75 Å². The zero-order valence-corrected chi connectivity index (χ0v) is 10.6. The summed E-state index contributed by atoms with van der Waals surface area (Å²) in [4.78, 5) is 0. The van der Waals surface area contributed by atoms with Crippen molar-refractivity contribution in [2.45, 2.75) is 18.9 Å². The van der Waals surface area contributed by atoms with Crippen LogP contribution < -0.4 is 10.1 Å². The average Bonchev–Trinajstić information content (AvgIpc) is 2.38. The molecule has 3 nitrogen and oxygen atoms in total. The van der Waals surface area contributed by atoms with Crippen LogP contribution in [0, 0.1) is 0 Å². The summed E-state index contributed by atoms with van der Waals surface area (Å²) in [7, 11) is 0. The van der Waals surface area contributed by atoms with Crippen molar-refractivity contribution in [1.82, 2.24) is 5.32 Å². The lowest BCUT2D eigenvalue weighted by Gasteiger charge is -2.23. The lowest BCUT2D eigenvalue weighted by atomic mass is 10.1. The second kappa shape index (κ2) is 6.84. The van der Waals surface area contributed by atoms with E-state index in [0.717, 1.165) is 43.4 Å². The van der Waals surface area contributed by atoms with Crippen LogP contribution >= 0.6 is 11.6 Å². The third-order valence-corrected chi connectivity index (χ3v) is 3.09. The largest absolute Gasteiger partial charge is 0.492 e. The SMILES string of the molecule is Clc1ccc(OCCNC2CCOCC2)cc1. The molecule has 0 unspecified atom stereocenters. The van der Waals surface area contributed by atoms with E-state index in [1.54, 1.807) is 0 Å². The van der Waals surface area contributed by atoms with Gasteiger partial charge in [-0.1, -0.05) is 11.6 Å². The molecule has 0 atom stereocenters. The monoisotopic (exact) mass is 255 g/mol. The minimum Gasteiger partial charge on any atom is -0.492 e. The first-order chi connectivity index (χ1) is 8.34. The van der Waals surface area contributed by atoms with Crippen LogP contribution in [-0.2, 0) is 4.74 Å². The quantitative estimate of drug-likeness (QED) is 0.820. The van der Waals surface area contributed by atoms with Gasteiger partial charge in [0, 0.05) is 30.8 Å². The van der Waals surface area contributed by atoms with Gasteiger partial charge >= 0.3 is 0 Å². The molecule has 0 aromatic heterocycles. The summed E-state index contributed by atoms with van der Waals surface area (Å²) in [5.41, 5.74) is 0. The average molecular weight is 256 g/mol. The number of benzene rings is 1. The van der Waals surface area contributed by atoms with E-state index in [2.05, 4.69) is 5.32 Å². The first-order valence-corrected chi connectivity index (χ1v) is 6.42. The van der Waals surface area contributed by atoms with Crippen molar-refractivity contribution >= 4 is 11.6 Å². The molecule has 0 bridgehead atoms. The molecule has 0 amide bonds. The van der Waals surface area contributed by atoms with Crippen LogP contribution in [-0.4, -0.2) is 32.4 Å². The Bertz CT molecular complexity index is 323. The van der Waals surface area contributed by atoms with Gasteiger partial charge in [0.15, 0.2) is 0 Å². The highest BCUT2D eigenvalue weighted by Crippen LogP contribution is 2.15. The fourth-order valence-corrected chi connectivity index (χ4v) is 1.99. The van der Waals surface area contributed by atoms with Gasteiger partial charge in [0.05, 0.1) is 0 Å². The van der Waals surface area contributed by atoms with Crippen molar-refractivity contribution in [2.75, 3.05) is 26.4 Å². The van der Waals surface area contributed by atoms with Crippen molar-refractivity contribution in [3.63, 3.8) is 0 Å². The van der Waals surface area contributed by atoms with Gasteiger partial charge in [-0.15, -0.1) is 0 Å². The zero-order valence-electron chi connectivity index (χ0n) is 9.82. The predicted molar refractivity (Wildman–Crippen MR) is 68.8 cm³/mol. The molecule has 0 saturated carbocycles. The molecule has 1 aromatic rings. The van der Waals surface area contributed by atoms with Crippen molar-refractivity contribution in [3.05, 3.63) is 29.3 Å². The van der Waals surface area contributed by atoms with Crippen LogP contribution in [0.3, 0.4) is 0 Å². The number of nitrogens with one attached hydrogen (secondary N) is 1. The summed E-state index contributed by atoms with van der Waals surface area (Å²) in [6.45, 7) is 3.29. The molecule has 0 radical (unpaired) electrons. The highest BCUT2D eigenvalue weighted by atomic mass is 35.5. The Morgan fingerprint density at radius 2 is 1.94 bits per heavy atom. The third-order valence-electron chi connectivity index (χ3n) is 2.84. The Morgan fingerprint density at radius 3 is 2.65 bits per heavy atom. The second-order valence-corrected chi connectivity index (χ2v) is 4.58. The Kier molecular flexibility index (Phi) is 5.10. The van der Waals surface area contributed by atoms with Crippen LogP contribution in [0.25, 0.3) is 0 Å². The van der Waals surface area contributed by atoms with Crippen LogP contribution in [0.4, 0.5) is 0 Å². The summed E-state index contributed by atoms with van der Waals surface area (Å²) in [6, 6.07) is 8.02. The van der Waals surface area contributed by atoms with E-state index in [9.17, 15) is 0 Å². The fraction of sp³-hybridized carbons (Fsp3) is 0.538. The molecule has 0 spiro atoms. The minimum absolute atomic E-state index is 0.581. The van der Waals surface area contributed by atoms with Gasteiger partial charge in [-0.2, -0.15) is 0 Å². The van der Waals surface area contributed by atoms with E-state index in [1.807, 2.05) is 24.3 Å². The molecular formula is C13H18ClNO2. The van der Waals surface area contributed by atoms with Crippen molar-refractivity contribution < 1.29 is 9.47 Å². The van der Waals surface area contributed by atoms with Crippen LogP contribution in [0.15, 0.2) is 24.3 Å². The summed E-state index contributed by atoms with van der Waals surface area (Å²) in [6.07, 6.45) is 2.20. The first kappa shape index (κ1) is 12.7. The molecule has 1 heterocycles. The van der Waals surface area contributed by atoms with Crippen molar-refractivity contribution in [1.29, 1.82) is 0 Å². The predicted octanol–water partition coefficient (Wildman–Crippen LogP) is 2.49. The van der Waals surface area contributed by atoms with Gasteiger partial charge in [-0.3, -0.25) is 0 Å². The highest BCUT2D eigenvalue weighted by molar-refractivity contribution is 6.30. The van der Waals surface area contributed by atoms with Crippen LogP contribution in [0.2, 0.25) is 5.02 Å². The Morgan fingerprint density at radius 1 is 1.24 bits per heavy atom. The van der Waals surface area contributed by atoms with E-state index in [0.29, 0.717) is 12.6 Å². The molecule has 1 aliphatic heterocycles. The molecule has 94 valence electrons. The van der Waals surface area contributed by atoms with E-state index in [-0.39, 0.29) is 0 Å². The highest BCUT2D eigenvalue weighted by Gasteiger charge is 2.12. The standard InChI is InChI=1S/C13H18ClNO2/c14-11-1-3-13(4-2-11)17-10-7-15-12-5-8-16-9-6-12/h1-4,12,15H,5-10H2. The van der Waals surface area contributed by atoms with E-state index in [1.165, 1.54) is 0 Å². The molecule has 2 rings (SSSR count). The van der Waals surface area contributed by atoms with Gasteiger partial charge in [-0.05, 0) is 37.1 Å². The number of hydrogen-bond donors (Lipinski definition) is 1. The van der Waals surface area contributed by atoms with Gasteiger partial charge in [0.1, 0.15) is 12.4 Å². The molecule has 1 aromatic carbocycles. The van der Waals surface area contributed by atoms with E-state index < -0.39 is 0 Å². The number of hydrogen-bond acceptors (Lipinski definition) is 3. The third kappa shape index (κ3) is 4.54. The summed E-state index contributed by atoms with van der Waals surface area (Å²) >= 11 is 5.79. The van der Waals surface area contributed by atoms with Gasteiger partial charge in [0.25, 0.3) is 0 Å². The molecule has 1 N–H and O–H groups in total. The Hall–Kier alpha value is -0.770. The number of halogens is 1. The van der Waals surface area contributed by atoms with E-state index in [4.69, 9.17) is 21.1 Å². The zero-order chi connectivity index (χ0) is 11.9. The molecule has 1 aliphatic rings. The number of rotatable bonds is 5. The molecule has 4 heteroatoms. The van der Waals surface area contributed by atoms with Crippen LogP contribution in [0.1, 0.15) is 12.8 Å². The molecule has 0 aliphatic carbocycles. The second-order valence-electron chi connectivity index (χ2n) is 4.14. The van der Waals surface area contributed by atoms with Crippen molar-refractivity contribution in [2.24, 2.45) is 0 Å². The molecular weight excluding hydrogens is 238 g/mol. The van der Waals surface area contributed by atoms with Gasteiger partial charge in [0.2, 0.25) is 0 Å². The maximum absolute atomic E-state index is 5.79. The maximum Gasteiger partial charge on any atom is 0.119 e. The lowest BCUT2D eigenvalue weighted by Crippen LogP contribution is -2.37. The van der Waals surface area contributed by atoms with Gasteiger partial charge < -0.3 is 14.8 Å².